The van der Waals surface area contributed by atoms with Crippen LogP contribution in [-0.2, 0) is 14.3 Å². The van der Waals surface area contributed by atoms with E-state index in [-0.39, 0.29) is 24.3 Å². The van der Waals surface area contributed by atoms with Gasteiger partial charge in [-0.3, -0.25) is 19.8 Å². The van der Waals surface area contributed by atoms with Crippen LogP contribution in [0, 0.1) is 19.8 Å². The van der Waals surface area contributed by atoms with Crippen molar-refractivity contribution < 1.29 is 19.1 Å². The van der Waals surface area contributed by atoms with Gasteiger partial charge in [-0.15, -0.1) is 0 Å². The van der Waals surface area contributed by atoms with E-state index in [2.05, 4.69) is 10.6 Å². The Balaban J connectivity index is 1.75. The molecule has 1 fully saturated rings. The van der Waals surface area contributed by atoms with Gasteiger partial charge in [0.25, 0.3) is 0 Å². The second-order valence-corrected chi connectivity index (χ2v) is 6.62. The molecule has 0 unspecified atom stereocenters. The lowest BCUT2D eigenvalue weighted by molar-refractivity contribution is -0.149. The van der Waals surface area contributed by atoms with E-state index in [4.69, 9.17) is 4.74 Å². The summed E-state index contributed by atoms with van der Waals surface area (Å²) in [6.45, 7) is 7.46. The first-order valence-electron chi connectivity index (χ1n) is 8.96. The molecular formula is C19H27N3O4. The third kappa shape index (κ3) is 5.84. The minimum atomic E-state index is -0.539. The van der Waals surface area contributed by atoms with Crippen molar-refractivity contribution in [3.63, 3.8) is 0 Å². The Kier molecular flexibility index (Phi) is 7.15. The molecule has 0 saturated carbocycles. The van der Waals surface area contributed by atoms with E-state index < -0.39 is 6.03 Å². The van der Waals surface area contributed by atoms with Crippen LogP contribution in [0.25, 0.3) is 0 Å². The molecule has 0 bridgehead atoms. The fourth-order valence-electron chi connectivity index (χ4n) is 3.06. The molecule has 7 nitrogen and oxygen atoms in total. The summed E-state index contributed by atoms with van der Waals surface area (Å²) in [4.78, 5) is 37.7. The number of hydrogen-bond donors (Lipinski definition) is 2. The van der Waals surface area contributed by atoms with E-state index in [0.717, 1.165) is 11.1 Å². The lowest BCUT2D eigenvalue weighted by Crippen LogP contribution is -2.45. The molecule has 2 rings (SSSR count). The molecule has 1 heterocycles. The summed E-state index contributed by atoms with van der Waals surface area (Å²) in [7, 11) is 0. The minimum Gasteiger partial charge on any atom is -0.466 e. The number of aryl methyl sites for hydroxylation is 2. The van der Waals surface area contributed by atoms with Gasteiger partial charge in [0.15, 0.2) is 0 Å². The molecule has 1 aromatic carbocycles. The van der Waals surface area contributed by atoms with E-state index in [0.29, 0.717) is 38.2 Å². The molecule has 142 valence electrons. The minimum absolute atomic E-state index is 0.0953. The number of imide groups is 1. The third-order valence-electron chi connectivity index (χ3n) is 4.46. The van der Waals surface area contributed by atoms with Gasteiger partial charge in [-0.2, -0.15) is 0 Å². The van der Waals surface area contributed by atoms with Crippen molar-refractivity contribution in [1.29, 1.82) is 0 Å². The van der Waals surface area contributed by atoms with Gasteiger partial charge in [0.1, 0.15) is 0 Å². The highest BCUT2D eigenvalue weighted by atomic mass is 16.5. The van der Waals surface area contributed by atoms with Crippen molar-refractivity contribution in [2.24, 2.45) is 5.92 Å². The third-order valence-corrected chi connectivity index (χ3v) is 4.46. The zero-order chi connectivity index (χ0) is 19.1. The predicted octanol–water partition coefficient (Wildman–Crippen LogP) is 2.23. The molecule has 0 atom stereocenters. The number of urea groups is 1. The number of benzene rings is 1. The van der Waals surface area contributed by atoms with Crippen LogP contribution < -0.4 is 10.6 Å². The van der Waals surface area contributed by atoms with Crippen molar-refractivity contribution in [1.82, 2.24) is 10.2 Å². The maximum atomic E-state index is 12.1. The Bertz CT molecular complexity index is 667. The molecule has 1 aliphatic rings. The Morgan fingerprint density at radius 2 is 1.88 bits per heavy atom. The zero-order valence-corrected chi connectivity index (χ0v) is 15.6. The smallest absolute Gasteiger partial charge is 0.325 e. The van der Waals surface area contributed by atoms with Gasteiger partial charge in [0.2, 0.25) is 5.91 Å². The molecule has 3 amide bonds. The van der Waals surface area contributed by atoms with E-state index in [1.165, 1.54) is 0 Å². The van der Waals surface area contributed by atoms with E-state index in [1.807, 2.05) is 36.9 Å². The van der Waals surface area contributed by atoms with Crippen LogP contribution in [0.4, 0.5) is 10.5 Å². The lowest BCUT2D eigenvalue weighted by atomic mass is 9.97. The number of rotatable bonds is 5. The van der Waals surface area contributed by atoms with Gasteiger partial charge >= 0.3 is 12.0 Å². The average molecular weight is 361 g/mol. The Morgan fingerprint density at radius 3 is 2.50 bits per heavy atom. The monoisotopic (exact) mass is 361 g/mol. The number of hydrogen-bond acceptors (Lipinski definition) is 5. The number of amides is 3. The fraction of sp³-hybridized carbons (Fsp3) is 0.526. The maximum Gasteiger partial charge on any atom is 0.325 e. The van der Waals surface area contributed by atoms with Gasteiger partial charge < -0.3 is 10.1 Å². The largest absolute Gasteiger partial charge is 0.466 e. The van der Waals surface area contributed by atoms with E-state index in [1.54, 1.807) is 6.92 Å². The second-order valence-electron chi connectivity index (χ2n) is 6.62. The van der Waals surface area contributed by atoms with Crippen molar-refractivity contribution in [2.75, 3.05) is 31.6 Å². The molecule has 1 aliphatic heterocycles. The summed E-state index contributed by atoms with van der Waals surface area (Å²) in [6, 6.07) is 5.14. The van der Waals surface area contributed by atoms with Crippen LogP contribution >= 0.6 is 0 Å². The van der Waals surface area contributed by atoms with Crippen LogP contribution in [0.1, 0.15) is 30.9 Å². The molecule has 26 heavy (non-hydrogen) atoms. The highest BCUT2D eigenvalue weighted by molar-refractivity contribution is 6.02. The summed E-state index contributed by atoms with van der Waals surface area (Å²) < 4.78 is 5.03. The molecule has 0 radical (unpaired) electrons. The molecule has 0 spiro atoms. The van der Waals surface area contributed by atoms with Gasteiger partial charge in [0, 0.05) is 5.69 Å². The topological polar surface area (TPSA) is 87.7 Å². The number of carbonyl (C=O) groups is 3. The molecule has 0 aliphatic carbocycles. The first-order chi connectivity index (χ1) is 12.4. The number of carbonyl (C=O) groups excluding carboxylic acids is 3. The Hall–Kier alpha value is -2.41. The van der Waals surface area contributed by atoms with Crippen LogP contribution in [0.2, 0.25) is 0 Å². The Labute approximate surface area is 154 Å². The van der Waals surface area contributed by atoms with E-state index >= 15 is 0 Å². The van der Waals surface area contributed by atoms with Crippen LogP contribution in [0.3, 0.4) is 0 Å². The van der Waals surface area contributed by atoms with Gasteiger partial charge in [-0.05, 0) is 58.3 Å². The van der Waals surface area contributed by atoms with Gasteiger partial charge in [0.05, 0.1) is 19.1 Å². The number of esters is 1. The summed E-state index contributed by atoms with van der Waals surface area (Å²) in [5, 5.41) is 5.04. The molecule has 0 aromatic heterocycles. The van der Waals surface area contributed by atoms with Crippen LogP contribution in [0.5, 0.6) is 0 Å². The first kappa shape index (κ1) is 19.9. The number of ether oxygens (including phenoxy) is 1. The van der Waals surface area contributed by atoms with Crippen molar-refractivity contribution in [3.8, 4) is 0 Å². The fourth-order valence-corrected chi connectivity index (χ4v) is 3.06. The summed E-state index contributed by atoms with van der Waals surface area (Å²) >= 11 is 0. The van der Waals surface area contributed by atoms with Crippen molar-refractivity contribution in [2.45, 2.75) is 33.6 Å². The highest BCUT2D eigenvalue weighted by Crippen LogP contribution is 2.18. The maximum absolute atomic E-state index is 12.1. The van der Waals surface area contributed by atoms with Crippen LogP contribution in [0.15, 0.2) is 18.2 Å². The lowest BCUT2D eigenvalue weighted by Gasteiger charge is -2.30. The Morgan fingerprint density at radius 1 is 1.19 bits per heavy atom. The summed E-state index contributed by atoms with van der Waals surface area (Å²) in [5.41, 5.74) is 2.72. The standard InChI is InChI=1S/C19H27N3O4/c1-4-26-18(24)15-7-9-22(10-8-15)12-17(23)21-19(25)20-16-6-5-13(2)11-14(16)3/h5-6,11,15H,4,7-10,12H2,1-3H3,(H2,20,21,23,25). The first-order valence-corrected chi connectivity index (χ1v) is 8.96. The average Bonchev–Trinajstić information content (AvgIpc) is 2.58. The quantitative estimate of drug-likeness (QED) is 0.785. The van der Waals surface area contributed by atoms with Crippen LogP contribution in [-0.4, -0.2) is 49.0 Å². The molecule has 7 heteroatoms. The summed E-state index contributed by atoms with van der Waals surface area (Å²) in [5.74, 6) is -0.617. The second kappa shape index (κ2) is 9.33. The van der Waals surface area contributed by atoms with Crippen molar-refractivity contribution >= 4 is 23.6 Å². The number of anilines is 1. The predicted molar refractivity (Wildman–Crippen MR) is 98.9 cm³/mol. The van der Waals surface area contributed by atoms with Gasteiger partial charge in [-0.1, -0.05) is 17.7 Å². The van der Waals surface area contributed by atoms with Gasteiger partial charge in [-0.25, -0.2) is 4.79 Å². The number of likely N-dealkylation sites (tertiary alicyclic amines) is 1. The summed E-state index contributed by atoms with van der Waals surface area (Å²) in [6.07, 6.45) is 1.34. The SMILES string of the molecule is CCOC(=O)C1CCN(CC(=O)NC(=O)Nc2ccc(C)cc2C)CC1. The van der Waals surface area contributed by atoms with Crippen molar-refractivity contribution in [3.05, 3.63) is 29.3 Å². The number of nitrogens with one attached hydrogen (secondary N) is 2. The number of nitrogens with zero attached hydrogens (tertiary/aromatic N) is 1. The molecule has 1 saturated heterocycles. The molecule has 1 aromatic rings. The zero-order valence-electron chi connectivity index (χ0n) is 15.6. The molecular weight excluding hydrogens is 334 g/mol. The number of piperidine rings is 1. The highest BCUT2D eigenvalue weighted by Gasteiger charge is 2.27. The molecule has 2 N–H and O–H groups in total. The van der Waals surface area contributed by atoms with E-state index in [9.17, 15) is 14.4 Å². The normalized spacial score (nSPS) is 15.3.